The number of aryl methyl sites for hydroxylation is 3. The third-order valence-electron chi connectivity index (χ3n) is 4.31. The second kappa shape index (κ2) is 8.35. The quantitative estimate of drug-likeness (QED) is 0.613. The summed E-state index contributed by atoms with van der Waals surface area (Å²) in [5.74, 6) is 0.323. The lowest BCUT2D eigenvalue weighted by Gasteiger charge is -2.17. The third-order valence-corrected chi connectivity index (χ3v) is 5.22. The van der Waals surface area contributed by atoms with Gasteiger partial charge in [-0.2, -0.15) is 4.68 Å². The van der Waals surface area contributed by atoms with Crippen molar-refractivity contribution in [1.82, 2.24) is 25.1 Å². The zero-order valence-electron chi connectivity index (χ0n) is 16.0. The average Bonchev–Trinajstić information content (AvgIpc) is 3.09. The normalized spacial score (nSPS) is 10.8. The standard InChI is InChI=1S/C20H23N5OS/c1-14-5-8-17(9-6-14)12-24(4)19(26)13-27-20-21-22-23-25(20)18-10-7-15(2)11-16(18)3/h5-11H,12-13H2,1-4H3. The molecule has 0 saturated heterocycles. The van der Waals surface area contributed by atoms with Crippen LogP contribution in [0.5, 0.6) is 0 Å². The Balaban J connectivity index is 1.64. The summed E-state index contributed by atoms with van der Waals surface area (Å²) in [6, 6.07) is 14.3. The number of aromatic nitrogens is 4. The highest BCUT2D eigenvalue weighted by Crippen LogP contribution is 2.21. The summed E-state index contributed by atoms with van der Waals surface area (Å²) in [7, 11) is 1.82. The van der Waals surface area contributed by atoms with Gasteiger partial charge in [0.25, 0.3) is 0 Å². The van der Waals surface area contributed by atoms with Crippen LogP contribution in [-0.2, 0) is 11.3 Å². The van der Waals surface area contributed by atoms with Crippen molar-refractivity contribution in [2.45, 2.75) is 32.5 Å². The van der Waals surface area contributed by atoms with Crippen molar-refractivity contribution in [2.24, 2.45) is 0 Å². The number of nitrogens with zero attached hydrogens (tertiary/aromatic N) is 5. The van der Waals surface area contributed by atoms with Gasteiger partial charge in [0.15, 0.2) is 0 Å². The predicted octanol–water partition coefficient (Wildman–Crippen LogP) is 3.34. The van der Waals surface area contributed by atoms with Gasteiger partial charge in [-0.1, -0.05) is 59.3 Å². The lowest BCUT2D eigenvalue weighted by Crippen LogP contribution is -2.27. The predicted molar refractivity (Wildman–Crippen MR) is 107 cm³/mol. The molecule has 1 amide bonds. The number of hydrogen-bond acceptors (Lipinski definition) is 5. The zero-order chi connectivity index (χ0) is 19.4. The molecule has 0 atom stereocenters. The summed E-state index contributed by atoms with van der Waals surface area (Å²) in [5.41, 5.74) is 5.52. The molecule has 140 valence electrons. The molecule has 0 saturated carbocycles. The van der Waals surface area contributed by atoms with E-state index in [4.69, 9.17) is 0 Å². The maximum Gasteiger partial charge on any atom is 0.233 e. The van der Waals surface area contributed by atoms with Crippen molar-refractivity contribution in [3.8, 4) is 5.69 Å². The van der Waals surface area contributed by atoms with Crippen LogP contribution in [0.3, 0.4) is 0 Å². The Labute approximate surface area is 163 Å². The molecule has 0 fully saturated rings. The first-order valence-corrected chi connectivity index (χ1v) is 9.71. The molecule has 0 radical (unpaired) electrons. The summed E-state index contributed by atoms with van der Waals surface area (Å²) in [6.07, 6.45) is 0. The van der Waals surface area contributed by atoms with Gasteiger partial charge in [-0.3, -0.25) is 4.79 Å². The van der Waals surface area contributed by atoms with Crippen molar-refractivity contribution in [2.75, 3.05) is 12.8 Å². The maximum atomic E-state index is 12.5. The fourth-order valence-electron chi connectivity index (χ4n) is 2.76. The molecule has 0 N–H and O–H groups in total. The van der Waals surface area contributed by atoms with Crippen molar-refractivity contribution < 1.29 is 4.79 Å². The smallest absolute Gasteiger partial charge is 0.233 e. The van der Waals surface area contributed by atoms with Gasteiger partial charge in [0.05, 0.1) is 11.4 Å². The van der Waals surface area contributed by atoms with Crippen LogP contribution in [0.15, 0.2) is 47.6 Å². The molecule has 0 aliphatic rings. The molecule has 0 aliphatic carbocycles. The minimum Gasteiger partial charge on any atom is -0.341 e. The lowest BCUT2D eigenvalue weighted by molar-refractivity contribution is -0.127. The summed E-state index contributed by atoms with van der Waals surface area (Å²) < 4.78 is 1.69. The molecule has 2 aromatic carbocycles. The van der Waals surface area contributed by atoms with E-state index >= 15 is 0 Å². The molecular formula is C20H23N5OS. The van der Waals surface area contributed by atoms with Gasteiger partial charge in [-0.05, 0) is 48.4 Å². The van der Waals surface area contributed by atoms with Crippen LogP contribution in [0.1, 0.15) is 22.3 Å². The minimum absolute atomic E-state index is 0.0377. The number of carbonyl (C=O) groups is 1. The molecule has 3 rings (SSSR count). The molecule has 27 heavy (non-hydrogen) atoms. The summed E-state index contributed by atoms with van der Waals surface area (Å²) in [4.78, 5) is 14.2. The fraction of sp³-hybridized carbons (Fsp3) is 0.300. The number of carbonyl (C=O) groups excluding carboxylic acids is 1. The van der Waals surface area contributed by atoms with Crippen LogP contribution in [0.25, 0.3) is 5.69 Å². The van der Waals surface area contributed by atoms with Crippen molar-refractivity contribution >= 4 is 17.7 Å². The Kier molecular flexibility index (Phi) is 5.91. The van der Waals surface area contributed by atoms with Crippen LogP contribution in [0.4, 0.5) is 0 Å². The van der Waals surface area contributed by atoms with Crippen LogP contribution in [-0.4, -0.2) is 43.8 Å². The maximum absolute atomic E-state index is 12.5. The molecule has 1 heterocycles. The SMILES string of the molecule is Cc1ccc(CN(C)C(=O)CSc2nnnn2-c2ccc(C)cc2C)cc1. The van der Waals surface area contributed by atoms with E-state index in [1.807, 2.05) is 38.2 Å². The molecule has 0 bridgehead atoms. The van der Waals surface area contributed by atoms with Crippen LogP contribution in [0.2, 0.25) is 0 Å². The molecule has 0 spiro atoms. The molecular weight excluding hydrogens is 358 g/mol. The van der Waals surface area contributed by atoms with E-state index in [9.17, 15) is 4.79 Å². The second-order valence-corrected chi connectivity index (χ2v) is 7.63. The Bertz CT molecular complexity index is 936. The first-order valence-electron chi connectivity index (χ1n) is 8.72. The number of benzene rings is 2. The summed E-state index contributed by atoms with van der Waals surface area (Å²) in [6.45, 7) is 6.71. The van der Waals surface area contributed by atoms with Crippen molar-refractivity contribution in [3.05, 3.63) is 64.7 Å². The van der Waals surface area contributed by atoms with E-state index in [1.165, 1.54) is 22.9 Å². The molecule has 7 heteroatoms. The average molecular weight is 382 g/mol. The first-order chi connectivity index (χ1) is 12.9. The van der Waals surface area contributed by atoms with Crippen LogP contribution >= 0.6 is 11.8 Å². The van der Waals surface area contributed by atoms with Gasteiger partial charge in [0, 0.05) is 13.6 Å². The topological polar surface area (TPSA) is 63.9 Å². The second-order valence-electron chi connectivity index (χ2n) is 6.69. The monoisotopic (exact) mass is 381 g/mol. The van der Waals surface area contributed by atoms with E-state index in [0.717, 1.165) is 16.8 Å². The number of thioether (sulfide) groups is 1. The summed E-state index contributed by atoms with van der Waals surface area (Å²) in [5, 5.41) is 12.5. The Hall–Kier alpha value is -2.67. The fourth-order valence-corrected chi connectivity index (χ4v) is 3.58. The van der Waals surface area contributed by atoms with Crippen molar-refractivity contribution in [3.63, 3.8) is 0 Å². The van der Waals surface area contributed by atoms with E-state index in [1.54, 1.807) is 9.58 Å². The Morgan fingerprint density at radius 3 is 2.48 bits per heavy atom. The number of amides is 1. The van der Waals surface area contributed by atoms with E-state index in [0.29, 0.717) is 11.7 Å². The minimum atomic E-state index is 0.0377. The number of hydrogen-bond donors (Lipinski definition) is 0. The van der Waals surface area contributed by atoms with Crippen LogP contribution < -0.4 is 0 Å². The molecule has 1 aromatic heterocycles. The highest BCUT2D eigenvalue weighted by molar-refractivity contribution is 7.99. The highest BCUT2D eigenvalue weighted by atomic mass is 32.2. The lowest BCUT2D eigenvalue weighted by atomic mass is 10.1. The van der Waals surface area contributed by atoms with Crippen LogP contribution in [0, 0.1) is 20.8 Å². The Morgan fingerprint density at radius 2 is 1.78 bits per heavy atom. The largest absolute Gasteiger partial charge is 0.341 e. The number of rotatable bonds is 6. The van der Waals surface area contributed by atoms with E-state index in [2.05, 4.69) is 47.6 Å². The van der Waals surface area contributed by atoms with E-state index < -0.39 is 0 Å². The van der Waals surface area contributed by atoms with Gasteiger partial charge < -0.3 is 4.90 Å². The number of tetrazole rings is 1. The van der Waals surface area contributed by atoms with E-state index in [-0.39, 0.29) is 11.7 Å². The van der Waals surface area contributed by atoms with Gasteiger partial charge in [0.1, 0.15) is 0 Å². The molecule has 0 unspecified atom stereocenters. The molecule has 0 aliphatic heterocycles. The van der Waals surface area contributed by atoms with Gasteiger partial charge in [0.2, 0.25) is 11.1 Å². The van der Waals surface area contributed by atoms with Gasteiger partial charge in [-0.25, -0.2) is 0 Å². The third kappa shape index (κ3) is 4.74. The van der Waals surface area contributed by atoms with Gasteiger partial charge in [-0.15, -0.1) is 5.10 Å². The highest BCUT2D eigenvalue weighted by Gasteiger charge is 2.15. The Morgan fingerprint density at radius 1 is 1.07 bits per heavy atom. The molecule has 3 aromatic rings. The van der Waals surface area contributed by atoms with Crippen molar-refractivity contribution in [1.29, 1.82) is 0 Å². The zero-order valence-corrected chi connectivity index (χ0v) is 16.8. The first kappa shape index (κ1) is 19.1. The molecule has 6 nitrogen and oxygen atoms in total. The summed E-state index contributed by atoms with van der Waals surface area (Å²) >= 11 is 1.35. The van der Waals surface area contributed by atoms with Gasteiger partial charge >= 0.3 is 0 Å².